The summed E-state index contributed by atoms with van der Waals surface area (Å²) in [6, 6.07) is 13.3. The van der Waals surface area contributed by atoms with Crippen molar-refractivity contribution in [3.05, 3.63) is 59.8 Å². The average Bonchev–Trinajstić information content (AvgIpc) is 2.74. The molecule has 0 bridgehead atoms. The first-order valence-corrected chi connectivity index (χ1v) is 11.2. The molecule has 0 spiro atoms. The Morgan fingerprint density at radius 2 is 1.71 bits per heavy atom. The lowest BCUT2D eigenvalue weighted by atomic mass is 10.2. The monoisotopic (exact) mass is 452 g/mol. The van der Waals surface area contributed by atoms with Crippen molar-refractivity contribution in [2.75, 3.05) is 39.3 Å². The van der Waals surface area contributed by atoms with Crippen LogP contribution in [0, 0.1) is 0 Å². The molecule has 1 aromatic heterocycles. The van der Waals surface area contributed by atoms with Crippen LogP contribution in [0.3, 0.4) is 0 Å². The maximum Gasteiger partial charge on any atom is 0.447 e. The van der Waals surface area contributed by atoms with Gasteiger partial charge in [0.15, 0.2) is 0 Å². The number of pyridine rings is 1. The summed E-state index contributed by atoms with van der Waals surface area (Å²) in [6.45, 7) is 6.47. The minimum Gasteiger partial charge on any atom is -0.352 e. The van der Waals surface area contributed by atoms with E-state index in [1.54, 1.807) is 0 Å². The number of rotatable bonds is 9. The van der Waals surface area contributed by atoms with Crippen molar-refractivity contribution in [2.24, 2.45) is 0 Å². The van der Waals surface area contributed by atoms with E-state index in [1.165, 1.54) is 23.9 Å². The first-order valence-electron chi connectivity index (χ1n) is 10.4. The van der Waals surface area contributed by atoms with Crippen LogP contribution in [-0.2, 0) is 6.54 Å². The number of carbonyl (C=O) groups excluding carboxylic acids is 1. The number of piperazine rings is 1. The van der Waals surface area contributed by atoms with Crippen LogP contribution in [0.2, 0.25) is 0 Å². The Morgan fingerprint density at radius 1 is 1.00 bits per heavy atom. The summed E-state index contributed by atoms with van der Waals surface area (Å²) in [5.41, 5.74) is -3.19. The van der Waals surface area contributed by atoms with Crippen LogP contribution in [0.4, 0.5) is 13.2 Å². The number of hydrogen-bond donors (Lipinski definition) is 1. The Morgan fingerprint density at radius 3 is 2.42 bits per heavy atom. The van der Waals surface area contributed by atoms with Gasteiger partial charge in [-0.2, -0.15) is 13.2 Å². The molecule has 2 heterocycles. The Labute approximate surface area is 185 Å². The largest absolute Gasteiger partial charge is 0.447 e. The predicted octanol–water partition coefficient (Wildman–Crippen LogP) is 4.02. The molecule has 1 aliphatic heterocycles. The molecule has 1 saturated heterocycles. The van der Waals surface area contributed by atoms with E-state index in [1.807, 2.05) is 6.07 Å². The number of nitrogens with one attached hydrogen (secondary N) is 1. The van der Waals surface area contributed by atoms with Crippen LogP contribution in [0.25, 0.3) is 0 Å². The van der Waals surface area contributed by atoms with E-state index in [0.29, 0.717) is 6.54 Å². The number of halogens is 3. The summed E-state index contributed by atoms with van der Waals surface area (Å²) in [5.74, 6) is -0.519. The lowest BCUT2D eigenvalue weighted by molar-refractivity contribution is -0.0329. The zero-order valence-corrected chi connectivity index (χ0v) is 18.1. The lowest BCUT2D eigenvalue weighted by Gasteiger charge is -2.34. The maximum atomic E-state index is 12.6. The highest BCUT2D eigenvalue weighted by Gasteiger charge is 2.32. The number of unbranched alkanes of at least 4 members (excludes halogenated alkanes) is 1. The molecule has 31 heavy (non-hydrogen) atoms. The fourth-order valence-corrected chi connectivity index (χ4v) is 4.13. The van der Waals surface area contributed by atoms with Gasteiger partial charge in [0.05, 0.1) is 5.56 Å². The predicted molar refractivity (Wildman–Crippen MR) is 116 cm³/mol. The molecule has 2 aromatic rings. The zero-order valence-electron chi connectivity index (χ0n) is 17.3. The highest BCUT2D eigenvalue weighted by Crippen LogP contribution is 2.37. The van der Waals surface area contributed by atoms with Crippen molar-refractivity contribution >= 4 is 17.7 Å². The average molecular weight is 453 g/mol. The number of alkyl halides is 3. The highest BCUT2D eigenvalue weighted by molar-refractivity contribution is 8.00. The number of benzene rings is 1. The standard InChI is InChI=1S/C22H27F3N4OS/c23-22(24,25)31-21-19(9-6-11-27-21)20(30)26-10-4-5-12-28-13-15-29(16-14-28)17-18-7-2-1-3-8-18/h1-3,6-9,11H,4-5,10,12-17H2,(H,26,30). The van der Waals surface area contributed by atoms with Gasteiger partial charge in [-0.15, -0.1) is 0 Å². The third-order valence-electron chi connectivity index (χ3n) is 5.13. The third-order valence-corrected chi connectivity index (χ3v) is 5.88. The Kier molecular flexibility index (Phi) is 8.74. The van der Waals surface area contributed by atoms with E-state index in [2.05, 4.69) is 44.4 Å². The van der Waals surface area contributed by atoms with Crippen LogP contribution in [0.5, 0.6) is 0 Å². The first kappa shape index (κ1) is 23.6. The molecule has 1 aromatic carbocycles. The SMILES string of the molecule is O=C(NCCCCN1CCN(Cc2ccccc2)CC1)c1cccnc1SC(F)(F)F. The van der Waals surface area contributed by atoms with E-state index in [9.17, 15) is 18.0 Å². The van der Waals surface area contributed by atoms with E-state index >= 15 is 0 Å². The normalized spacial score (nSPS) is 15.7. The zero-order chi connectivity index (χ0) is 22.1. The van der Waals surface area contributed by atoms with Crippen molar-refractivity contribution in [2.45, 2.75) is 29.9 Å². The molecule has 1 fully saturated rings. The second kappa shape index (κ2) is 11.5. The molecule has 9 heteroatoms. The molecule has 0 saturated carbocycles. The van der Waals surface area contributed by atoms with Crippen LogP contribution in [0.15, 0.2) is 53.7 Å². The van der Waals surface area contributed by atoms with Gasteiger partial charge in [0, 0.05) is 57.2 Å². The highest BCUT2D eigenvalue weighted by atomic mass is 32.2. The molecule has 5 nitrogen and oxygen atoms in total. The molecule has 1 aliphatic rings. The van der Waals surface area contributed by atoms with Crippen molar-refractivity contribution in [1.82, 2.24) is 20.1 Å². The van der Waals surface area contributed by atoms with E-state index in [0.717, 1.165) is 52.1 Å². The number of amides is 1. The summed E-state index contributed by atoms with van der Waals surface area (Å²) in [4.78, 5) is 20.8. The summed E-state index contributed by atoms with van der Waals surface area (Å²) in [5, 5.41) is 2.39. The van der Waals surface area contributed by atoms with Crippen LogP contribution >= 0.6 is 11.8 Å². The fourth-order valence-electron chi connectivity index (χ4n) is 3.52. The van der Waals surface area contributed by atoms with Crippen LogP contribution < -0.4 is 5.32 Å². The molecule has 0 aliphatic carbocycles. The second-order valence-electron chi connectivity index (χ2n) is 7.47. The van der Waals surface area contributed by atoms with Gasteiger partial charge in [0.1, 0.15) is 5.03 Å². The smallest absolute Gasteiger partial charge is 0.352 e. The van der Waals surface area contributed by atoms with Crippen molar-refractivity contribution in [3.63, 3.8) is 0 Å². The molecule has 0 unspecified atom stereocenters. The van der Waals surface area contributed by atoms with E-state index in [-0.39, 0.29) is 22.4 Å². The van der Waals surface area contributed by atoms with Gasteiger partial charge < -0.3 is 10.2 Å². The van der Waals surface area contributed by atoms with Crippen LogP contribution in [-0.4, -0.2) is 65.5 Å². The minimum atomic E-state index is -4.48. The van der Waals surface area contributed by atoms with Gasteiger partial charge in [-0.3, -0.25) is 9.69 Å². The fraction of sp³-hybridized carbons (Fsp3) is 0.455. The van der Waals surface area contributed by atoms with Crippen molar-refractivity contribution in [1.29, 1.82) is 0 Å². The quantitative estimate of drug-likeness (QED) is 0.460. The van der Waals surface area contributed by atoms with Gasteiger partial charge in [-0.05, 0) is 37.1 Å². The summed E-state index contributed by atoms with van der Waals surface area (Å²) < 4.78 is 37.9. The second-order valence-corrected chi connectivity index (χ2v) is 8.52. The Bertz CT molecular complexity index is 827. The third kappa shape index (κ3) is 8.16. The Hall–Kier alpha value is -2.10. The summed E-state index contributed by atoms with van der Waals surface area (Å²) in [7, 11) is 0. The minimum absolute atomic E-state index is 0.0423. The number of aromatic nitrogens is 1. The summed E-state index contributed by atoms with van der Waals surface area (Å²) >= 11 is -0.364. The van der Waals surface area contributed by atoms with E-state index in [4.69, 9.17) is 0 Å². The van der Waals surface area contributed by atoms with Gasteiger partial charge in [-0.25, -0.2) is 4.98 Å². The van der Waals surface area contributed by atoms with Gasteiger partial charge in [0.25, 0.3) is 5.91 Å². The molecule has 168 valence electrons. The van der Waals surface area contributed by atoms with Crippen molar-refractivity contribution in [3.8, 4) is 0 Å². The molecular weight excluding hydrogens is 425 g/mol. The van der Waals surface area contributed by atoms with Gasteiger partial charge in [0.2, 0.25) is 0 Å². The van der Waals surface area contributed by atoms with Crippen molar-refractivity contribution < 1.29 is 18.0 Å². The topological polar surface area (TPSA) is 48.5 Å². The molecule has 1 amide bonds. The van der Waals surface area contributed by atoms with Gasteiger partial charge in [-0.1, -0.05) is 30.3 Å². The molecule has 0 radical (unpaired) electrons. The van der Waals surface area contributed by atoms with Crippen LogP contribution in [0.1, 0.15) is 28.8 Å². The summed E-state index contributed by atoms with van der Waals surface area (Å²) in [6.07, 6.45) is 2.96. The number of thioether (sulfide) groups is 1. The number of hydrogen-bond acceptors (Lipinski definition) is 5. The lowest BCUT2D eigenvalue weighted by Crippen LogP contribution is -2.46. The molecular formula is C22H27F3N4OS. The maximum absolute atomic E-state index is 12.6. The first-order chi connectivity index (χ1) is 14.9. The van der Waals surface area contributed by atoms with E-state index < -0.39 is 11.4 Å². The molecule has 0 atom stereocenters. The molecule has 1 N–H and O–H groups in total. The number of carbonyl (C=O) groups is 1. The Balaban J connectivity index is 1.32. The van der Waals surface area contributed by atoms with Gasteiger partial charge >= 0.3 is 5.51 Å². The molecule has 3 rings (SSSR count). The number of nitrogens with zero attached hydrogens (tertiary/aromatic N) is 3.